The molecule has 1 saturated heterocycles. The zero-order valence-corrected chi connectivity index (χ0v) is 19.0. The molecule has 0 bridgehead atoms. The lowest BCUT2D eigenvalue weighted by Gasteiger charge is -2.35. The van der Waals surface area contributed by atoms with Gasteiger partial charge in [-0.05, 0) is 42.3 Å². The van der Waals surface area contributed by atoms with Crippen LogP contribution in [-0.2, 0) is 0 Å². The fourth-order valence-electron chi connectivity index (χ4n) is 3.99. The Hall–Kier alpha value is -3.26. The van der Waals surface area contributed by atoms with E-state index < -0.39 is 17.5 Å². The van der Waals surface area contributed by atoms with Crippen LogP contribution in [0.5, 0.6) is 0 Å². The van der Waals surface area contributed by atoms with Gasteiger partial charge in [0, 0.05) is 36.8 Å². The number of nitrogens with zero attached hydrogens (tertiary/aromatic N) is 4. The third-order valence-electron chi connectivity index (χ3n) is 5.66. The number of piperazine rings is 1. The number of hydrogen-bond donors (Lipinski definition) is 0. The molecule has 3 aromatic rings. The van der Waals surface area contributed by atoms with Gasteiger partial charge in [0.05, 0.1) is 23.1 Å². The molecule has 2 heterocycles. The van der Waals surface area contributed by atoms with Crippen molar-refractivity contribution in [3.05, 3.63) is 82.1 Å². The van der Waals surface area contributed by atoms with Crippen LogP contribution >= 0.6 is 11.6 Å². The summed E-state index contributed by atoms with van der Waals surface area (Å²) in [7, 11) is 0. The minimum absolute atomic E-state index is 0.0293. The standard InChI is InChI=1S/C24H23ClF2N4O2/c1-15(2)22-19(14-28-31(22)18-5-3-4-17(25)13-18)24(33)30-10-8-29(9-11-30)23(32)16-6-7-20(26)21(27)12-16/h3-7,12-15H,8-11H2,1-2H3. The summed E-state index contributed by atoms with van der Waals surface area (Å²) in [5, 5.41) is 5.02. The van der Waals surface area contributed by atoms with Crippen LogP contribution in [0.25, 0.3) is 5.69 Å². The van der Waals surface area contributed by atoms with Crippen LogP contribution in [0, 0.1) is 11.6 Å². The van der Waals surface area contributed by atoms with Gasteiger partial charge in [-0.1, -0.05) is 31.5 Å². The number of benzene rings is 2. The van der Waals surface area contributed by atoms with Crippen LogP contribution in [0.3, 0.4) is 0 Å². The molecule has 0 saturated carbocycles. The topological polar surface area (TPSA) is 58.4 Å². The van der Waals surface area contributed by atoms with Gasteiger partial charge in [-0.3, -0.25) is 9.59 Å². The molecule has 9 heteroatoms. The molecule has 0 aliphatic carbocycles. The van der Waals surface area contributed by atoms with E-state index in [4.69, 9.17) is 11.6 Å². The maximum absolute atomic E-state index is 13.5. The van der Waals surface area contributed by atoms with Gasteiger partial charge in [-0.15, -0.1) is 0 Å². The molecule has 172 valence electrons. The van der Waals surface area contributed by atoms with Crippen molar-refractivity contribution in [1.82, 2.24) is 19.6 Å². The number of hydrogen-bond acceptors (Lipinski definition) is 3. The highest BCUT2D eigenvalue weighted by Gasteiger charge is 2.29. The quantitative estimate of drug-likeness (QED) is 0.560. The maximum Gasteiger partial charge on any atom is 0.257 e. The largest absolute Gasteiger partial charge is 0.335 e. The Morgan fingerprint density at radius 3 is 2.21 bits per heavy atom. The van der Waals surface area contributed by atoms with Crippen LogP contribution in [0.1, 0.15) is 46.2 Å². The lowest BCUT2D eigenvalue weighted by atomic mass is 10.0. The van der Waals surface area contributed by atoms with E-state index in [1.165, 1.54) is 11.0 Å². The number of amides is 2. The number of halogens is 3. The normalized spacial score (nSPS) is 14.1. The Balaban J connectivity index is 1.50. The molecule has 2 amide bonds. The molecule has 1 fully saturated rings. The van der Waals surface area contributed by atoms with E-state index in [0.29, 0.717) is 36.8 Å². The second-order valence-electron chi connectivity index (χ2n) is 8.20. The third-order valence-corrected chi connectivity index (χ3v) is 5.89. The van der Waals surface area contributed by atoms with Crippen LogP contribution in [0.4, 0.5) is 8.78 Å². The van der Waals surface area contributed by atoms with E-state index in [0.717, 1.165) is 23.5 Å². The van der Waals surface area contributed by atoms with Gasteiger partial charge in [0.15, 0.2) is 11.6 Å². The molecule has 6 nitrogen and oxygen atoms in total. The first kappa shape index (κ1) is 22.9. The van der Waals surface area contributed by atoms with E-state index >= 15 is 0 Å². The molecule has 0 unspecified atom stereocenters. The van der Waals surface area contributed by atoms with Crippen molar-refractivity contribution in [2.24, 2.45) is 0 Å². The van der Waals surface area contributed by atoms with Crippen LogP contribution < -0.4 is 0 Å². The SMILES string of the molecule is CC(C)c1c(C(=O)N2CCN(C(=O)c3ccc(F)c(F)c3)CC2)cnn1-c1cccc(Cl)c1. The van der Waals surface area contributed by atoms with E-state index in [2.05, 4.69) is 5.10 Å². The predicted molar refractivity (Wildman–Crippen MR) is 121 cm³/mol. The zero-order valence-electron chi connectivity index (χ0n) is 18.3. The Bertz CT molecular complexity index is 1200. The highest BCUT2D eigenvalue weighted by molar-refractivity contribution is 6.30. The van der Waals surface area contributed by atoms with Crippen molar-refractivity contribution in [2.75, 3.05) is 26.2 Å². The Labute approximate surface area is 195 Å². The van der Waals surface area contributed by atoms with Crippen molar-refractivity contribution in [1.29, 1.82) is 0 Å². The molecule has 1 aromatic heterocycles. The molecular weight excluding hydrogens is 450 g/mol. The first-order chi connectivity index (χ1) is 15.8. The highest BCUT2D eigenvalue weighted by Crippen LogP contribution is 2.26. The highest BCUT2D eigenvalue weighted by atomic mass is 35.5. The van der Waals surface area contributed by atoms with Crippen LogP contribution in [-0.4, -0.2) is 57.6 Å². The molecular formula is C24H23ClF2N4O2. The molecule has 2 aromatic carbocycles. The first-order valence-electron chi connectivity index (χ1n) is 10.6. The summed E-state index contributed by atoms with van der Waals surface area (Å²) in [6, 6.07) is 10.4. The van der Waals surface area contributed by atoms with Gasteiger partial charge in [0.25, 0.3) is 11.8 Å². The average molecular weight is 473 g/mol. The number of carbonyl (C=O) groups excluding carboxylic acids is 2. The summed E-state index contributed by atoms with van der Waals surface area (Å²) < 4.78 is 28.4. The maximum atomic E-state index is 13.5. The minimum atomic E-state index is -1.06. The number of aromatic nitrogens is 2. The minimum Gasteiger partial charge on any atom is -0.335 e. The first-order valence-corrected chi connectivity index (χ1v) is 11.0. The lowest BCUT2D eigenvalue weighted by Crippen LogP contribution is -2.50. The van der Waals surface area contributed by atoms with Gasteiger partial charge < -0.3 is 9.80 Å². The number of rotatable bonds is 4. The summed E-state index contributed by atoms with van der Waals surface area (Å²) in [6.07, 6.45) is 1.57. The third kappa shape index (κ3) is 4.61. The van der Waals surface area contributed by atoms with E-state index in [-0.39, 0.29) is 17.4 Å². The van der Waals surface area contributed by atoms with Crippen molar-refractivity contribution < 1.29 is 18.4 Å². The Kier molecular flexibility index (Phi) is 6.47. The van der Waals surface area contributed by atoms with Crippen molar-refractivity contribution in [2.45, 2.75) is 19.8 Å². The van der Waals surface area contributed by atoms with Crippen molar-refractivity contribution in [3.8, 4) is 5.69 Å². The molecule has 4 rings (SSSR count). The second kappa shape index (κ2) is 9.31. The van der Waals surface area contributed by atoms with Gasteiger partial charge in [0.2, 0.25) is 0 Å². The smallest absolute Gasteiger partial charge is 0.257 e. The van der Waals surface area contributed by atoms with E-state index in [9.17, 15) is 18.4 Å². The Morgan fingerprint density at radius 1 is 0.939 bits per heavy atom. The Morgan fingerprint density at radius 2 is 1.61 bits per heavy atom. The summed E-state index contributed by atoms with van der Waals surface area (Å²) in [4.78, 5) is 29.2. The summed E-state index contributed by atoms with van der Waals surface area (Å²) in [6.45, 7) is 5.23. The van der Waals surface area contributed by atoms with Crippen LogP contribution in [0.2, 0.25) is 5.02 Å². The monoisotopic (exact) mass is 472 g/mol. The zero-order chi connectivity index (χ0) is 23.7. The van der Waals surface area contributed by atoms with E-state index in [1.54, 1.807) is 27.9 Å². The van der Waals surface area contributed by atoms with E-state index in [1.807, 2.05) is 26.0 Å². The molecule has 0 spiro atoms. The lowest BCUT2D eigenvalue weighted by molar-refractivity contribution is 0.0534. The van der Waals surface area contributed by atoms with Gasteiger partial charge in [0.1, 0.15) is 0 Å². The fraction of sp³-hybridized carbons (Fsp3) is 0.292. The molecule has 1 aliphatic heterocycles. The van der Waals surface area contributed by atoms with Gasteiger partial charge in [-0.25, -0.2) is 13.5 Å². The molecule has 0 radical (unpaired) electrons. The summed E-state index contributed by atoms with van der Waals surface area (Å²) in [5.41, 5.74) is 2.14. The second-order valence-corrected chi connectivity index (χ2v) is 8.64. The van der Waals surface area contributed by atoms with Crippen LogP contribution in [0.15, 0.2) is 48.7 Å². The van der Waals surface area contributed by atoms with Gasteiger partial charge in [-0.2, -0.15) is 5.10 Å². The average Bonchev–Trinajstić information content (AvgIpc) is 3.26. The molecule has 0 N–H and O–H groups in total. The summed E-state index contributed by atoms with van der Waals surface area (Å²) in [5.74, 6) is -2.58. The predicted octanol–water partition coefficient (Wildman–Crippen LogP) is 4.53. The molecule has 1 aliphatic rings. The van der Waals surface area contributed by atoms with Crippen molar-refractivity contribution in [3.63, 3.8) is 0 Å². The summed E-state index contributed by atoms with van der Waals surface area (Å²) >= 11 is 6.13. The molecule has 33 heavy (non-hydrogen) atoms. The fourth-order valence-corrected chi connectivity index (χ4v) is 4.17. The molecule has 0 atom stereocenters. The van der Waals surface area contributed by atoms with Crippen molar-refractivity contribution >= 4 is 23.4 Å². The number of carbonyl (C=O) groups is 2. The van der Waals surface area contributed by atoms with Gasteiger partial charge >= 0.3 is 0 Å².